The largest absolute Gasteiger partial charge is 0.325 e. The highest BCUT2D eigenvalue weighted by Gasteiger charge is 2.04. The molecule has 5 heteroatoms. The Hall–Kier alpha value is -2.53. The van der Waals surface area contributed by atoms with Crippen LogP contribution in [0.2, 0.25) is 0 Å². The van der Waals surface area contributed by atoms with Gasteiger partial charge in [0.15, 0.2) is 0 Å². The summed E-state index contributed by atoms with van der Waals surface area (Å²) in [6.07, 6.45) is 6.20. The molecule has 0 atom stereocenters. The van der Waals surface area contributed by atoms with Gasteiger partial charge < -0.3 is 5.73 Å². The van der Waals surface area contributed by atoms with E-state index in [0.717, 1.165) is 17.8 Å². The van der Waals surface area contributed by atoms with Gasteiger partial charge in [0.1, 0.15) is 0 Å². The monoisotopic (exact) mass is 265 g/mol. The van der Waals surface area contributed by atoms with Gasteiger partial charge in [-0.05, 0) is 41.8 Å². The molecular weight excluding hydrogens is 250 g/mol. The fourth-order valence-electron chi connectivity index (χ4n) is 2.10. The molecule has 0 radical (unpaired) electrons. The molecule has 2 N–H and O–H groups in total. The van der Waals surface area contributed by atoms with Crippen LogP contribution in [0.4, 0.5) is 0 Å². The molecule has 0 aliphatic rings. The highest BCUT2D eigenvalue weighted by Crippen LogP contribution is 2.13. The molecule has 0 fully saturated rings. The van der Waals surface area contributed by atoms with Crippen LogP contribution in [-0.4, -0.2) is 20.0 Å². The fraction of sp³-hybridized carbons (Fsp3) is 0.133. The van der Waals surface area contributed by atoms with E-state index in [-0.39, 0.29) is 0 Å². The summed E-state index contributed by atoms with van der Waals surface area (Å²) < 4.78 is 1.76. The van der Waals surface area contributed by atoms with E-state index in [1.54, 1.807) is 10.9 Å². The Morgan fingerprint density at radius 3 is 2.35 bits per heavy atom. The van der Waals surface area contributed by atoms with Gasteiger partial charge in [-0.2, -0.15) is 0 Å². The first-order valence-corrected chi connectivity index (χ1v) is 6.44. The van der Waals surface area contributed by atoms with E-state index in [0.29, 0.717) is 6.54 Å². The van der Waals surface area contributed by atoms with Crippen LogP contribution in [0.1, 0.15) is 16.8 Å². The SMILES string of the molecule is NCc1cnnn1-c1ccc(Cc2ccncc2)cc1. The molecule has 3 aromatic rings. The second-order valence-electron chi connectivity index (χ2n) is 4.54. The molecule has 5 nitrogen and oxygen atoms in total. The van der Waals surface area contributed by atoms with Crippen molar-refractivity contribution in [1.29, 1.82) is 0 Å². The molecule has 3 rings (SSSR count). The summed E-state index contributed by atoms with van der Waals surface area (Å²) >= 11 is 0. The van der Waals surface area contributed by atoms with Crippen molar-refractivity contribution in [3.63, 3.8) is 0 Å². The Morgan fingerprint density at radius 2 is 1.65 bits per heavy atom. The lowest BCUT2D eigenvalue weighted by Crippen LogP contribution is -2.06. The molecule has 0 bridgehead atoms. The maximum Gasteiger partial charge on any atom is 0.0781 e. The molecule has 20 heavy (non-hydrogen) atoms. The lowest BCUT2D eigenvalue weighted by atomic mass is 10.1. The Balaban J connectivity index is 1.81. The van der Waals surface area contributed by atoms with Crippen molar-refractivity contribution in [2.75, 3.05) is 0 Å². The summed E-state index contributed by atoms with van der Waals surface area (Å²) in [5.74, 6) is 0. The highest BCUT2D eigenvalue weighted by atomic mass is 15.4. The Kier molecular flexibility index (Phi) is 3.52. The Bertz CT molecular complexity index is 673. The minimum atomic E-state index is 0.422. The highest BCUT2D eigenvalue weighted by molar-refractivity contribution is 5.36. The van der Waals surface area contributed by atoms with Crippen molar-refractivity contribution in [3.05, 3.63) is 71.8 Å². The van der Waals surface area contributed by atoms with E-state index in [1.165, 1.54) is 11.1 Å². The third kappa shape index (κ3) is 2.57. The molecule has 1 aromatic carbocycles. The van der Waals surface area contributed by atoms with Gasteiger partial charge in [0.2, 0.25) is 0 Å². The van der Waals surface area contributed by atoms with Gasteiger partial charge >= 0.3 is 0 Å². The van der Waals surface area contributed by atoms with Gasteiger partial charge in [0.05, 0.1) is 17.6 Å². The Morgan fingerprint density at radius 1 is 0.950 bits per heavy atom. The first-order chi connectivity index (χ1) is 9.86. The maximum absolute atomic E-state index is 5.66. The molecule has 0 amide bonds. The zero-order valence-electron chi connectivity index (χ0n) is 11.0. The third-order valence-corrected chi connectivity index (χ3v) is 3.17. The topological polar surface area (TPSA) is 69.6 Å². The van der Waals surface area contributed by atoms with E-state index < -0.39 is 0 Å². The first kappa shape index (κ1) is 12.5. The van der Waals surface area contributed by atoms with Gasteiger partial charge in [-0.1, -0.05) is 17.3 Å². The van der Waals surface area contributed by atoms with Crippen LogP contribution in [0.3, 0.4) is 0 Å². The smallest absolute Gasteiger partial charge is 0.0781 e. The number of hydrogen-bond acceptors (Lipinski definition) is 4. The van der Waals surface area contributed by atoms with Gasteiger partial charge in [-0.3, -0.25) is 4.98 Å². The van der Waals surface area contributed by atoms with Crippen molar-refractivity contribution < 1.29 is 0 Å². The predicted octanol–water partition coefficient (Wildman–Crippen LogP) is 1.71. The first-order valence-electron chi connectivity index (χ1n) is 6.44. The molecule has 2 heterocycles. The van der Waals surface area contributed by atoms with Crippen molar-refractivity contribution in [2.45, 2.75) is 13.0 Å². The molecule has 0 spiro atoms. The van der Waals surface area contributed by atoms with Gasteiger partial charge in [-0.15, -0.1) is 5.10 Å². The van der Waals surface area contributed by atoms with Crippen LogP contribution < -0.4 is 5.73 Å². The van der Waals surface area contributed by atoms with Crippen molar-refractivity contribution >= 4 is 0 Å². The maximum atomic E-state index is 5.66. The average Bonchev–Trinajstić information content (AvgIpc) is 2.98. The molecule has 0 unspecified atom stereocenters. The zero-order chi connectivity index (χ0) is 13.8. The van der Waals surface area contributed by atoms with E-state index in [2.05, 4.69) is 27.4 Å². The minimum Gasteiger partial charge on any atom is -0.325 e. The number of pyridine rings is 1. The van der Waals surface area contributed by atoms with Crippen LogP contribution >= 0.6 is 0 Å². The third-order valence-electron chi connectivity index (χ3n) is 3.17. The predicted molar refractivity (Wildman–Crippen MR) is 76.3 cm³/mol. The molecule has 0 saturated carbocycles. The summed E-state index contributed by atoms with van der Waals surface area (Å²) in [6, 6.07) is 12.3. The molecule has 2 aromatic heterocycles. The zero-order valence-corrected chi connectivity index (χ0v) is 11.0. The molecule has 0 aliphatic heterocycles. The van der Waals surface area contributed by atoms with Crippen LogP contribution in [-0.2, 0) is 13.0 Å². The summed E-state index contributed by atoms with van der Waals surface area (Å²) in [7, 11) is 0. The van der Waals surface area contributed by atoms with Crippen molar-refractivity contribution in [1.82, 2.24) is 20.0 Å². The van der Waals surface area contributed by atoms with E-state index in [9.17, 15) is 0 Å². The van der Waals surface area contributed by atoms with Crippen LogP contribution in [0.15, 0.2) is 55.0 Å². The quantitative estimate of drug-likeness (QED) is 0.779. The van der Waals surface area contributed by atoms with Gasteiger partial charge in [0, 0.05) is 18.9 Å². The van der Waals surface area contributed by atoms with E-state index in [1.807, 2.05) is 36.7 Å². The second kappa shape index (κ2) is 5.63. The molecule has 0 aliphatic carbocycles. The van der Waals surface area contributed by atoms with Crippen molar-refractivity contribution in [2.24, 2.45) is 5.73 Å². The lowest BCUT2D eigenvalue weighted by Gasteiger charge is -2.06. The lowest BCUT2D eigenvalue weighted by molar-refractivity contribution is 0.761. The van der Waals surface area contributed by atoms with Gasteiger partial charge in [-0.25, -0.2) is 4.68 Å². The minimum absolute atomic E-state index is 0.422. The average molecular weight is 265 g/mol. The van der Waals surface area contributed by atoms with Crippen molar-refractivity contribution in [3.8, 4) is 5.69 Å². The summed E-state index contributed by atoms with van der Waals surface area (Å²) in [5.41, 5.74) is 10.0. The molecule has 0 saturated heterocycles. The summed E-state index contributed by atoms with van der Waals surface area (Å²) in [6.45, 7) is 0.422. The summed E-state index contributed by atoms with van der Waals surface area (Å²) in [5, 5.41) is 7.93. The number of rotatable bonds is 4. The standard InChI is InChI=1S/C15H15N5/c16-10-15-11-18-19-20(15)14-3-1-12(2-4-14)9-13-5-7-17-8-6-13/h1-8,11H,9-10,16H2. The Labute approximate surface area is 117 Å². The number of benzene rings is 1. The second-order valence-corrected chi connectivity index (χ2v) is 4.54. The number of hydrogen-bond donors (Lipinski definition) is 1. The van der Waals surface area contributed by atoms with Crippen LogP contribution in [0, 0.1) is 0 Å². The van der Waals surface area contributed by atoms with Crippen LogP contribution in [0.5, 0.6) is 0 Å². The van der Waals surface area contributed by atoms with E-state index in [4.69, 9.17) is 5.73 Å². The number of aromatic nitrogens is 4. The summed E-state index contributed by atoms with van der Waals surface area (Å²) in [4.78, 5) is 4.02. The van der Waals surface area contributed by atoms with E-state index >= 15 is 0 Å². The molecular formula is C15H15N5. The normalized spacial score (nSPS) is 10.7. The van der Waals surface area contributed by atoms with Crippen LogP contribution in [0.25, 0.3) is 5.69 Å². The number of nitrogens with two attached hydrogens (primary N) is 1. The molecule has 100 valence electrons. The van der Waals surface area contributed by atoms with Gasteiger partial charge in [0.25, 0.3) is 0 Å². The number of nitrogens with zero attached hydrogens (tertiary/aromatic N) is 4. The fourth-order valence-corrected chi connectivity index (χ4v) is 2.10.